The molecule has 1 amide bonds. The van der Waals surface area contributed by atoms with Gasteiger partial charge in [0, 0.05) is 13.1 Å². The van der Waals surface area contributed by atoms with Crippen LogP contribution in [-0.4, -0.2) is 38.6 Å². The molecule has 0 saturated carbocycles. The van der Waals surface area contributed by atoms with Crippen molar-refractivity contribution in [3.8, 4) is 0 Å². The molecule has 4 rings (SSSR count). The lowest BCUT2D eigenvalue weighted by molar-refractivity contribution is 0.102. The minimum absolute atomic E-state index is 0.270. The Hall–Kier alpha value is -3.03. The maximum atomic E-state index is 12.9. The summed E-state index contributed by atoms with van der Waals surface area (Å²) in [5.41, 5.74) is 0.896. The number of nitrogens with zero attached hydrogens (tertiary/aromatic N) is 5. The maximum Gasteiger partial charge on any atom is 0.277 e. The molecular weight excluding hydrogens is 311 g/mol. The van der Waals surface area contributed by atoms with Crippen molar-refractivity contribution in [2.75, 3.05) is 23.3 Å². The SMILES string of the molecule is O=C(Nc1ccc(F)cn1)c1cnc2ccc(N3CCCC3)nn12. The van der Waals surface area contributed by atoms with Crippen molar-refractivity contribution < 1.29 is 9.18 Å². The van der Waals surface area contributed by atoms with Crippen molar-refractivity contribution in [2.24, 2.45) is 0 Å². The number of rotatable bonds is 3. The third kappa shape index (κ3) is 2.66. The molecule has 1 aliphatic rings. The van der Waals surface area contributed by atoms with Crippen LogP contribution in [0.3, 0.4) is 0 Å². The van der Waals surface area contributed by atoms with E-state index < -0.39 is 11.7 Å². The topological polar surface area (TPSA) is 75.4 Å². The van der Waals surface area contributed by atoms with Crippen molar-refractivity contribution in [1.29, 1.82) is 0 Å². The molecule has 0 radical (unpaired) electrons. The predicted octanol–water partition coefficient (Wildman–Crippen LogP) is 2.12. The fourth-order valence-electron chi connectivity index (χ4n) is 2.76. The Morgan fingerprint density at radius 3 is 2.67 bits per heavy atom. The second kappa shape index (κ2) is 5.88. The van der Waals surface area contributed by atoms with E-state index in [1.165, 1.54) is 22.8 Å². The normalized spacial score (nSPS) is 14.3. The first-order valence-corrected chi connectivity index (χ1v) is 7.73. The average molecular weight is 326 g/mol. The first-order chi connectivity index (χ1) is 11.7. The van der Waals surface area contributed by atoms with Crippen molar-refractivity contribution in [2.45, 2.75) is 12.8 Å². The Morgan fingerprint density at radius 2 is 1.92 bits per heavy atom. The highest BCUT2D eigenvalue weighted by atomic mass is 19.1. The minimum atomic E-state index is -0.459. The summed E-state index contributed by atoms with van der Waals surface area (Å²) in [5.74, 6) is 0.242. The van der Waals surface area contributed by atoms with Crippen molar-refractivity contribution in [1.82, 2.24) is 19.6 Å². The summed E-state index contributed by atoms with van der Waals surface area (Å²) < 4.78 is 14.4. The lowest BCUT2D eigenvalue weighted by Gasteiger charge is -2.16. The Bertz CT molecular complexity index is 885. The monoisotopic (exact) mass is 326 g/mol. The van der Waals surface area contributed by atoms with Gasteiger partial charge in [0.2, 0.25) is 0 Å². The number of nitrogens with one attached hydrogen (secondary N) is 1. The van der Waals surface area contributed by atoms with Crippen LogP contribution in [0.4, 0.5) is 16.0 Å². The largest absolute Gasteiger partial charge is 0.355 e. The molecule has 1 fully saturated rings. The zero-order valence-corrected chi connectivity index (χ0v) is 12.8. The second-order valence-corrected chi connectivity index (χ2v) is 5.61. The maximum absolute atomic E-state index is 12.9. The van der Waals surface area contributed by atoms with Gasteiger partial charge in [0.15, 0.2) is 11.3 Å². The lowest BCUT2D eigenvalue weighted by atomic mass is 10.4. The van der Waals surface area contributed by atoms with Crippen molar-refractivity contribution in [3.63, 3.8) is 0 Å². The van der Waals surface area contributed by atoms with Crippen LogP contribution in [0.5, 0.6) is 0 Å². The summed E-state index contributed by atoms with van der Waals surface area (Å²) in [7, 11) is 0. The van der Waals surface area contributed by atoms with E-state index in [4.69, 9.17) is 0 Å². The highest BCUT2D eigenvalue weighted by Crippen LogP contribution is 2.18. The van der Waals surface area contributed by atoms with Gasteiger partial charge in [-0.3, -0.25) is 4.79 Å². The van der Waals surface area contributed by atoms with E-state index in [1.54, 1.807) is 0 Å². The molecule has 0 aliphatic carbocycles. The van der Waals surface area contributed by atoms with Gasteiger partial charge in [-0.15, -0.1) is 5.10 Å². The molecule has 0 atom stereocenters. The van der Waals surface area contributed by atoms with Crippen LogP contribution < -0.4 is 10.2 Å². The number of hydrogen-bond donors (Lipinski definition) is 1. The molecule has 0 aromatic carbocycles. The number of imidazole rings is 1. The van der Waals surface area contributed by atoms with Crippen LogP contribution >= 0.6 is 0 Å². The standard InChI is InChI=1S/C16H15FN6O/c17-11-3-4-13(18-9-11)20-16(24)12-10-19-14-5-6-15(21-23(12)14)22-7-1-2-8-22/h3-6,9-10H,1-2,7-8H2,(H,18,20,24). The molecule has 8 heteroatoms. The van der Waals surface area contributed by atoms with E-state index in [1.807, 2.05) is 12.1 Å². The Morgan fingerprint density at radius 1 is 1.08 bits per heavy atom. The van der Waals surface area contributed by atoms with Crippen molar-refractivity contribution in [3.05, 3.63) is 48.2 Å². The van der Waals surface area contributed by atoms with Gasteiger partial charge >= 0.3 is 0 Å². The Kier molecular flexibility index (Phi) is 3.56. The molecule has 7 nitrogen and oxygen atoms in total. The van der Waals surface area contributed by atoms with E-state index in [-0.39, 0.29) is 5.82 Å². The summed E-state index contributed by atoms with van der Waals surface area (Å²) in [6.07, 6.45) is 4.81. The Balaban J connectivity index is 1.64. The van der Waals surface area contributed by atoms with Gasteiger partial charge in [-0.05, 0) is 37.1 Å². The Labute approximate surface area is 137 Å². The van der Waals surface area contributed by atoms with Gasteiger partial charge in [-0.25, -0.2) is 18.9 Å². The summed E-state index contributed by atoms with van der Waals surface area (Å²) in [5, 5.41) is 7.15. The summed E-state index contributed by atoms with van der Waals surface area (Å²) >= 11 is 0. The zero-order chi connectivity index (χ0) is 16.5. The third-order valence-corrected chi connectivity index (χ3v) is 3.98. The first kappa shape index (κ1) is 14.6. The van der Waals surface area contributed by atoms with E-state index in [0.29, 0.717) is 11.3 Å². The zero-order valence-electron chi connectivity index (χ0n) is 12.8. The molecule has 24 heavy (non-hydrogen) atoms. The number of amides is 1. The van der Waals surface area contributed by atoms with Gasteiger partial charge in [0.05, 0.1) is 12.4 Å². The second-order valence-electron chi connectivity index (χ2n) is 5.61. The fourth-order valence-corrected chi connectivity index (χ4v) is 2.76. The van der Waals surface area contributed by atoms with E-state index in [2.05, 4.69) is 25.3 Å². The van der Waals surface area contributed by atoms with Crippen LogP contribution in [0, 0.1) is 5.82 Å². The van der Waals surface area contributed by atoms with Gasteiger partial charge in [0.25, 0.3) is 5.91 Å². The van der Waals surface area contributed by atoms with Gasteiger partial charge < -0.3 is 10.2 Å². The number of halogens is 1. The first-order valence-electron chi connectivity index (χ1n) is 7.73. The molecular formula is C16H15FN6O. The van der Waals surface area contributed by atoms with Crippen LogP contribution in [0.2, 0.25) is 0 Å². The number of fused-ring (bicyclic) bond motifs is 1. The smallest absolute Gasteiger partial charge is 0.277 e. The molecule has 3 aromatic heterocycles. The van der Waals surface area contributed by atoms with E-state index in [9.17, 15) is 9.18 Å². The van der Waals surface area contributed by atoms with Crippen LogP contribution in [0.15, 0.2) is 36.7 Å². The number of carbonyl (C=O) groups is 1. The van der Waals surface area contributed by atoms with Crippen LogP contribution in [0.1, 0.15) is 23.3 Å². The number of anilines is 2. The quantitative estimate of drug-likeness (QED) is 0.798. The summed E-state index contributed by atoms with van der Waals surface area (Å²) in [6, 6.07) is 6.39. The molecule has 3 aromatic rings. The summed E-state index contributed by atoms with van der Waals surface area (Å²) in [4.78, 5) is 22.7. The van der Waals surface area contributed by atoms with Crippen LogP contribution in [-0.2, 0) is 0 Å². The number of pyridine rings is 1. The van der Waals surface area contributed by atoms with Gasteiger partial charge in [-0.2, -0.15) is 0 Å². The molecule has 0 spiro atoms. The molecule has 1 aliphatic heterocycles. The fraction of sp³-hybridized carbons (Fsp3) is 0.250. The molecule has 1 saturated heterocycles. The van der Waals surface area contributed by atoms with Gasteiger partial charge in [-0.1, -0.05) is 0 Å². The molecule has 0 unspecified atom stereocenters. The highest BCUT2D eigenvalue weighted by Gasteiger charge is 2.18. The highest BCUT2D eigenvalue weighted by molar-refractivity contribution is 6.02. The number of aromatic nitrogens is 4. The molecule has 4 heterocycles. The molecule has 1 N–H and O–H groups in total. The molecule has 0 bridgehead atoms. The molecule has 122 valence electrons. The van der Waals surface area contributed by atoms with E-state index in [0.717, 1.165) is 37.9 Å². The minimum Gasteiger partial charge on any atom is -0.355 e. The van der Waals surface area contributed by atoms with E-state index >= 15 is 0 Å². The lowest BCUT2D eigenvalue weighted by Crippen LogP contribution is -2.21. The van der Waals surface area contributed by atoms with Crippen LogP contribution in [0.25, 0.3) is 5.65 Å². The van der Waals surface area contributed by atoms with Crippen molar-refractivity contribution >= 4 is 23.2 Å². The van der Waals surface area contributed by atoms with Gasteiger partial charge in [0.1, 0.15) is 17.5 Å². The summed E-state index contributed by atoms with van der Waals surface area (Å²) in [6.45, 7) is 1.93. The third-order valence-electron chi connectivity index (χ3n) is 3.98. The number of hydrogen-bond acceptors (Lipinski definition) is 5. The number of carbonyl (C=O) groups excluding carboxylic acids is 1. The predicted molar refractivity (Wildman–Crippen MR) is 86.6 cm³/mol. The average Bonchev–Trinajstić information content (AvgIpc) is 3.25.